The predicted octanol–water partition coefficient (Wildman–Crippen LogP) is 2.34. The van der Waals surface area contributed by atoms with Gasteiger partial charge in [-0.25, -0.2) is 0 Å². The molecular formula is C12H21NO. The molecule has 2 heteroatoms. The van der Waals surface area contributed by atoms with Crippen molar-refractivity contribution in [3.8, 4) is 12.3 Å². The van der Waals surface area contributed by atoms with E-state index in [9.17, 15) is 4.79 Å². The normalized spacial score (nSPS) is 14.1. The molecule has 2 nitrogen and oxygen atoms in total. The van der Waals surface area contributed by atoms with E-state index in [2.05, 4.69) is 25.1 Å². The summed E-state index contributed by atoms with van der Waals surface area (Å²) in [4.78, 5) is 11.5. The lowest BCUT2D eigenvalue weighted by molar-refractivity contribution is -0.122. The van der Waals surface area contributed by atoms with E-state index >= 15 is 0 Å². The summed E-state index contributed by atoms with van der Waals surface area (Å²) in [7, 11) is 0. The average Bonchev–Trinajstić information content (AvgIpc) is 2.16. The molecule has 0 heterocycles. The molecular weight excluding hydrogens is 174 g/mol. The largest absolute Gasteiger partial charge is 0.352 e. The van der Waals surface area contributed by atoms with E-state index in [0.717, 1.165) is 12.8 Å². The van der Waals surface area contributed by atoms with Crippen LogP contribution in [-0.2, 0) is 4.79 Å². The third-order valence-electron chi connectivity index (χ3n) is 2.45. The number of hydrogen-bond donors (Lipinski definition) is 1. The monoisotopic (exact) mass is 195 g/mol. The van der Waals surface area contributed by atoms with Crippen molar-refractivity contribution in [1.29, 1.82) is 0 Å². The molecule has 0 aliphatic carbocycles. The molecule has 0 radical (unpaired) electrons. The Labute approximate surface area is 87.5 Å². The van der Waals surface area contributed by atoms with Gasteiger partial charge >= 0.3 is 0 Å². The van der Waals surface area contributed by atoms with Gasteiger partial charge in [0.2, 0.25) is 5.91 Å². The lowest BCUT2D eigenvalue weighted by Crippen LogP contribution is -2.34. The summed E-state index contributed by atoms with van der Waals surface area (Å²) in [5, 5.41) is 2.95. The molecule has 80 valence electrons. The van der Waals surface area contributed by atoms with Gasteiger partial charge in [0, 0.05) is 18.9 Å². The minimum absolute atomic E-state index is 0.126. The molecule has 0 fully saturated rings. The van der Waals surface area contributed by atoms with Crippen LogP contribution in [0.25, 0.3) is 0 Å². The summed E-state index contributed by atoms with van der Waals surface area (Å²) in [6, 6.07) is 0.150. The second-order valence-corrected chi connectivity index (χ2v) is 3.80. The molecule has 0 saturated heterocycles. The van der Waals surface area contributed by atoms with Gasteiger partial charge in [0.15, 0.2) is 0 Å². The maximum atomic E-state index is 11.5. The fourth-order valence-electron chi connectivity index (χ4n) is 1.19. The molecule has 1 amide bonds. The quantitative estimate of drug-likeness (QED) is 0.648. The SMILES string of the molecule is C#CCC(CC)NC(=O)CC(C)CC. The average molecular weight is 195 g/mol. The second kappa shape index (κ2) is 7.44. The van der Waals surface area contributed by atoms with Gasteiger partial charge in [-0.15, -0.1) is 12.3 Å². The number of carbonyl (C=O) groups is 1. The maximum absolute atomic E-state index is 11.5. The predicted molar refractivity (Wildman–Crippen MR) is 59.7 cm³/mol. The molecule has 0 spiro atoms. The molecule has 0 aromatic rings. The highest BCUT2D eigenvalue weighted by Gasteiger charge is 2.11. The molecule has 0 rings (SSSR count). The third-order valence-corrected chi connectivity index (χ3v) is 2.45. The number of rotatable bonds is 6. The van der Waals surface area contributed by atoms with Crippen molar-refractivity contribution in [2.75, 3.05) is 0 Å². The van der Waals surface area contributed by atoms with Crippen LogP contribution in [0.5, 0.6) is 0 Å². The molecule has 0 aromatic carbocycles. The molecule has 0 aliphatic rings. The fraction of sp³-hybridized carbons (Fsp3) is 0.750. The van der Waals surface area contributed by atoms with Crippen molar-refractivity contribution in [3.05, 3.63) is 0 Å². The van der Waals surface area contributed by atoms with Crippen LogP contribution >= 0.6 is 0 Å². The van der Waals surface area contributed by atoms with Crippen molar-refractivity contribution in [2.24, 2.45) is 5.92 Å². The second-order valence-electron chi connectivity index (χ2n) is 3.80. The molecule has 2 atom stereocenters. The van der Waals surface area contributed by atoms with E-state index in [-0.39, 0.29) is 11.9 Å². The third kappa shape index (κ3) is 5.64. The fourth-order valence-corrected chi connectivity index (χ4v) is 1.19. The van der Waals surface area contributed by atoms with Crippen LogP contribution in [0.15, 0.2) is 0 Å². The van der Waals surface area contributed by atoms with Gasteiger partial charge < -0.3 is 5.32 Å². The number of terminal acetylenes is 1. The van der Waals surface area contributed by atoms with Gasteiger partial charge in [-0.1, -0.05) is 27.2 Å². The summed E-state index contributed by atoms with van der Waals surface area (Å²) < 4.78 is 0. The van der Waals surface area contributed by atoms with Crippen molar-refractivity contribution in [3.63, 3.8) is 0 Å². The minimum atomic E-state index is 0.126. The van der Waals surface area contributed by atoms with Crippen LogP contribution in [0.1, 0.15) is 46.5 Å². The van der Waals surface area contributed by atoms with E-state index in [1.54, 1.807) is 0 Å². The van der Waals surface area contributed by atoms with Crippen molar-refractivity contribution in [2.45, 2.75) is 52.5 Å². The molecule has 2 unspecified atom stereocenters. The number of hydrogen-bond acceptors (Lipinski definition) is 1. The van der Waals surface area contributed by atoms with E-state index in [1.165, 1.54) is 0 Å². The highest BCUT2D eigenvalue weighted by Crippen LogP contribution is 2.06. The summed E-state index contributed by atoms with van der Waals surface area (Å²) in [5.74, 6) is 3.16. The maximum Gasteiger partial charge on any atom is 0.220 e. The first-order chi connectivity index (χ1) is 6.63. The van der Waals surface area contributed by atoms with Crippen molar-refractivity contribution < 1.29 is 4.79 Å². The molecule has 0 bridgehead atoms. The summed E-state index contributed by atoms with van der Waals surface area (Å²) in [5.41, 5.74) is 0. The molecule has 0 aliphatic heterocycles. The Hall–Kier alpha value is -0.970. The van der Waals surface area contributed by atoms with E-state index in [0.29, 0.717) is 18.8 Å². The van der Waals surface area contributed by atoms with Crippen LogP contribution in [0.3, 0.4) is 0 Å². The van der Waals surface area contributed by atoms with Gasteiger partial charge in [-0.05, 0) is 12.3 Å². The highest BCUT2D eigenvalue weighted by molar-refractivity contribution is 5.76. The first-order valence-electron chi connectivity index (χ1n) is 5.36. The Morgan fingerprint density at radius 3 is 2.50 bits per heavy atom. The van der Waals surface area contributed by atoms with Crippen LogP contribution in [0.4, 0.5) is 0 Å². The number of carbonyl (C=O) groups excluding carboxylic acids is 1. The minimum Gasteiger partial charge on any atom is -0.352 e. The van der Waals surface area contributed by atoms with Gasteiger partial charge in [0.05, 0.1) is 0 Å². The molecule has 14 heavy (non-hydrogen) atoms. The van der Waals surface area contributed by atoms with E-state index in [1.807, 2.05) is 6.92 Å². The van der Waals surface area contributed by atoms with Gasteiger partial charge in [-0.3, -0.25) is 4.79 Å². The summed E-state index contributed by atoms with van der Waals surface area (Å²) >= 11 is 0. The number of amides is 1. The first-order valence-corrected chi connectivity index (χ1v) is 5.36. The number of nitrogens with one attached hydrogen (secondary N) is 1. The van der Waals surface area contributed by atoms with Crippen LogP contribution in [0, 0.1) is 18.3 Å². The molecule has 1 N–H and O–H groups in total. The Kier molecular flexibility index (Phi) is 6.92. The Balaban J connectivity index is 3.85. The zero-order valence-electron chi connectivity index (χ0n) is 9.47. The standard InChI is InChI=1S/C12H21NO/c1-5-8-11(7-3)13-12(14)9-10(4)6-2/h1,10-11H,6-9H2,2-4H3,(H,13,14). The zero-order valence-corrected chi connectivity index (χ0v) is 9.47. The van der Waals surface area contributed by atoms with E-state index < -0.39 is 0 Å². The highest BCUT2D eigenvalue weighted by atomic mass is 16.1. The smallest absolute Gasteiger partial charge is 0.220 e. The summed E-state index contributed by atoms with van der Waals surface area (Å²) in [6.07, 6.45) is 8.38. The van der Waals surface area contributed by atoms with Gasteiger partial charge in [-0.2, -0.15) is 0 Å². The lowest BCUT2D eigenvalue weighted by Gasteiger charge is -2.15. The molecule has 0 saturated carbocycles. The zero-order chi connectivity index (χ0) is 11.0. The van der Waals surface area contributed by atoms with Crippen LogP contribution in [-0.4, -0.2) is 11.9 Å². The van der Waals surface area contributed by atoms with Crippen molar-refractivity contribution >= 4 is 5.91 Å². The van der Waals surface area contributed by atoms with Gasteiger partial charge in [0.1, 0.15) is 0 Å². The lowest BCUT2D eigenvalue weighted by atomic mass is 10.0. The first kappa shape index (κ1) is 13.0. The Bertz CT molecular complexity index is 205. The molecule has 0 aromatic heterocycles. The van der Waals surface area contributed by atoms with E-state index in [4.69, 9.17) is 6.42 Å². The Morgan fingerprint density at radius 1 is 1.43 bits per heavy atom. The Morgan fingerprint density at radius 2 is 2.07 bits per heavy atom. The topological polar surface area (TPSA) is 29.1 Å². The van der Waals surface area contributed by atoms with Gasteiger partial charge in [0.25, 0.3) is 0 Å². The summed E-state index contributed by atoms with van der Waals surface area (Å²) in [6.45, 7) is 6.21. The van der Waals surface area contributed by atoms with Crippen LogP contribution < -0.4 is 5.32 Å². The van der Waals surface area contributed by atoms with Crippen LogP contribution in [0.2, 0.25) is 0 Å². The van der Waals surface area contributed by atoms with Crippen molar-refractivity contribution in [1.82, 2.24) is 5.32 Å².